The highest BCUT2D eigenvalue weighted by atomic mass is 35.5. The van der Waals surface area contributed by atoms with Gasteiger partial charge in [-0.25, -0.2) is 0 Å². The molecule has 1 saturated carbocycles. The molecule has 8 heteroatoms. The predicted molar refractivity (Wildman–Crippen MR) is 116 cm³/mol. The van der Waals surface area contributed by atoms with E-state index in [-0.39, 0.29) is 37.0 Å². The first-order chi connectivity index (χ1) is 15.0. The van der Waals surface area contributed by atoms with Crippen molar-refractivity contribution in [2.24, 2.45) is 0 Å². The van der Waals surface area contributed by atoms with Crippen LogP contribution >= 0.6 is 11.6 Å². The van der Waals surface area contributed by atoms with Gasteiger partial charge < -0.3 is 15.2 Å². The maximum Gasteiger partial charge on any atom is 0.417 e. The molecule has 170 valence electrons. The van der Waals surface area contributed by atoms with Crippen molar-refractivity contribution in [3.63, 3.8) is 0 Å². The molecule has 1 amide bonds. The fourth-order valence-electron chi connectivity index (χ4n) is 4.69. The molecule has 1 fully saturated rings. The molecule has 1 heterocycles. The Kier molecular flexibility index (Phi) is 5.54. The lowest BCUT2D eigenvalue weighted by Crippen LogP contribution is -2.57. The van der Waals surface area contributed by atoms with Gasteiger partial charge in [0.25, 0.3) is 5.91 Å². The third kappa shape index (κ3) is 3.57. The maximum absolute atomic E-state index is 13.6. The summed E-state index contributed by atoms with van der Waals surface area (Å²) in [6.45, 7) is 1.82. The van der Waals surface area contributed by atoms with Gasteiger partial charge in [-0.15, -0.1) is 0 Å². The number of halogens is 4. The SMILES string of the molecule is COC1(C(F)(F)F)CCC2(CC1)NC(=O)C(c1cc(-c3ccc(Cl)cc3)ccc1C)=C2O. The van der Waals surface area contributed by atoms with Crippen molar-refractivity contribution in [2.45, 2.75) is 49.9 Å². The summed E-state index contributed by atoms with van der Waals surface area (Å²) in [5.74, 6) is -0.693. The topological polar surface area (TPSA) is 58.6 Å². The molecule has 0 radical (unpaired) electrons. The van der Waals surface area contributed by atoms with Crippen molar-refractivity contribution in [1.29, 1.82) is 0 Å². The summed E-state index contributed by atoms with van der Waals surface area (Å²) in [5.41, 5.74) is -0.349. The predicted octanol–water partition coefficient (Wildman–Crippen LogP) is 5.97. The number of carbonyl (C=O) groups excluding carboxylic acids is 1. The van der Waals surface area contributed by atoms with Gasteiger partial charge in [0.05, 0.1) is 11.1 Å². The molecule has 0 aromatic heterocycles. The molecule has 4 nitrogen and oxygen atoms in total. The van der Waals surface area contributed by atoms with Gasteiger partial charge in [-0.2, -0.15) is 13.2 Å². The number of methoxy groups -OCH3 is 1. The normalized spacial score (nSPS) is 26.0. The summed E-state index contributed by atoms with van der Waals surface area (Å²) in [4.78, 5) is 12.9. The van der Waals surface area contributed by atoms with Crippen molar-refractivity contribution < 1.29 is 27.8 Å². The molecule has 2 N–H and O–H groups in total. The average molecular weight is 466 g/mol. The molecule has 0 bridgehead atoms. The summed E-state index contributed by atoms with van der Waals surface area (Å²) in [6.07, 6.45) is -5.38. The Morgan fingerprint density at radius 1 is 1.03 bits per heavy atom. The Balaban J connectivity index is 1.71. The Bertz CT molecular complexity index is 1080. The van der Waals surface area contributed by atoms with Crippen LogP contribution in [-0.4, -0.2) is 35.4 Å². The second kappa shape index (κ2) is 7.81. The zero-order chi connectivity index (χ0) is 23.3. The smallest absolute Gasteiger partial charge is 0.417 e. The van der Waals surface area contributed by atoms with E-state index in [9.17, 15) is 23.1 Å². The van der Waals surface area contributed by atoms with Crippen LogP contribution in [0, 0.1) is 6.92 Å². The van der Waals surface area contributed by atoms with Gasteiger partial charge in [0.15, 0.2) is 5.60 Å². The Labute approximate surface area is 189 Å². The molecule has 1 aliphatic heterocycles. The number of alkyl halides is 3. The number of benzene rings is 2. The van der Waals surface area contributed by atoms with E-state index >= 15 is 0 Å². The van der Waals surface area contributed by atoms with E-state index in [0.717, 1.165) is 23.8 Å². The van der Waals surface area contributed by atoms with Crippen LogP contribution in [0.5, 0.6) is 0 Å². The fraction of sp³-hybridized carbons (Fsp3) is 0.375. The summed E-state index contributed by atoms with van der Waals surface area (Å²) in [7, 11) is 1.05. The van der Waals surface area contributed by atoms with Crippen LogP contribution in [0.1, 0.15) is 36.8 Å². The minimum atomic E-state index is -4.53. The van der Waals surface area contributed by atoms with Crippen LogP contribution in [0.4, 0.5) is 13.2 Å². The molecule has 0 saturated heterocycles. The maximum atomic E-state index is 13.6. The van der Waals surface area contributed by atoms with Crippen LogP contribution in [0.25, 0.3) is 16.7 Å². The Morgan fingerprint density at radius 2 is 1.62 bits per heavy atom. The third-order valence-corrected chi connectivity index (χ3v) is 7.02. The largest absolute Gasteiger partial charge is 0.509 e. The van der Waals surface area contributed by atoms with E-state index in [1.165, 1.54) is 0 Å². The molecular formula is C24H23ClF3NO3. The van der Waals surface area contributed by atoms with Gasteiger partial charge in [-0.3, -0.25) is 4.79 Å². The number of rotatable bonds is 3. The number of nitrogens with one attached hydrogen (secondary N) is 1. The van der Waals surface area contributed by atoms with Gasteiger partial charge in [0.2, 0.25) is 0 Å². The lowest BCUT2D eigenvalue weighted by Gasteiger charge is -2.44. The van der Waals surface area contributed by atoms with Crippen molar-refractivity contribution in [3.8, 4) is 11.1 Å². The molecule has 4 rings (SSSR count). The quantitative estimate of drug-likeness (QED) is 0.586. The van der Waals surface area contributed by atoms with Gasteiger partial charge in [0.1, 0.15) is 5.76 Å². The number of ether oxygens (including phenoxy) is 1. The highest BCUT2D eigenvalue weighted by Crippen LogP contribution is 2.50. The lowest BCUT2D eigenvalue weighted by atomic mass is 9.72. The monoisotopic (exact) mass is 465 g/mol. The zero-order valence-electron chi connectivity index (χ0n) is 17.6. The van der Waals surface area contributed by atoms with Gasteiger partial charge in [0, 0.05) is 12.1 Å². The summed E-state index contributed by atoms with van der Waals surface area (Å²) < 4.78 is 45.6. The van der Waals surface area contributed by atoms with Gasteiger partial charge in [-0.1, -0.05) is 35.9 Å². The van der Waals surface area contributed by atoms with Gasteiger partial charge >= 0.3 is 6.18 Å². The second-order valence-corrected chi connectivity index (χ2v) is 8.93. The van der Waals surface area contributed by atoms with Crippen LogP contribution in [0.2, 0.25) is 5.02 Å². The first-order valence-electron chi connectivity index (χ1n) is 10.3. The molecule has 0 unspecified atom stereocenters. The fourth-order valence-corrected chi connectivity index (χ4v) is 4.82. The minimum absolute atomic E-state index is 0.0721. The van der Waals surface area contributed by atoms with E-state index in [4.69, 9.17) is 16.3 Å². The first kappa shape index (κ1) is 22.7. The number of amides is 1. The number of aliphatic hydroxyl groups is 1. The Hall–Kier alpha value is -2.51. The minimum Gasteiger partial charge on any atom is -0.509 e. The molecule has 32 heavy (non-hydrogen) atoms. The standard InChI is InChI=1S/C24H23ClF3NO3/c1-14-3-4-16(15-5-7-17(25)8-6-15)13-18(14)19-20(30)22(29-21(19)31)9-11-23(32-2,12-10-22)24(26,27)28/h3-8,13,30H,9-12H2,1-2H3,(H,29,31). The third-order valence-electron chi connectivity index (χ3n) is 6.77. The van der Waals surface area contributed by atoms with Crippen molar-refractivity contribution >= 4 is 23.1 Å². The van der Waals surface area contributed by atoms with Crippen LogP contribution in [0.3, 0.4) is 0 Å². The highest BCUT2D eigenvalue weighted by Gasteiger charge is 2.61. The number of hydrogen-bond acceptors (Lipinski definition) is 3. The molecule has 2 aromatic carbocycles. The molecule has 1 spiro atoms. The van der Waals surface area contributed by atoms with E-state index in [1.54, 1.807) is 18.2 Å². The number of carbonyl (C=O) groups is 1. The first-order valence-corrected chi connectivity index (χ1v) is 10.6. The number of hydrogen-bond donors (Lipinski definition) is 2. The molecule has 2 aliphatic rings. The van der Waals surface area contributed by atoms with E-state index in [0.29, 0.717) is 10.6 Å². The number of aliphatic hydroxyl groups excluding tert-OH is 1. The summed E-state index contributed by atoms with van der Waals surface area (Å²) in [5, 5.41) is 14.5. The van der Waals surface area contributed by atoms with E-state index in [2.05, 4.69) is 5.32 Å². The van der Waals surface area contributed by atoms with Crippen LogP contribution in [0.15, 0.2) is 48.2 Å². The van der Waals surface area contributed by atoms with Crippen LogP contribution < -0.4 is 5.32 Å². The van der Waals surface area contributed by atoms with Gasteiger partial charge in [-0.05, 0) is 73.1 Å². The number of aryl methyl sites for hydroxylation is 1. The van der Waals surface area contributed by atoms with Crippen LogP contribution in [-0.2, 0) is 9.53 Å². The summed E-state index contributed by atoms with van der Waals surface area (Å²) in [6, 6.07) is 12.8. The van der Waals surface area contributed by atoms with Crippen molar-refractivity contribution in [1.82, 2.24) is 5.32 Å². The zero-order valence-corrected chi connectivity index (χ0v) is 18.4. The van der Waals surface area contributed by atoms with E-state index in [1.807, 2.05) is 31.2 Å². The molecule has 2 aromatic rings. The summed E-state index contributed by atoms with van der Waals surface area (Å²) >= 11 is 5.97. The second-order valence-electron chi connectivity index (χ2n) is 8.49. The lowest BCUT2D eigenvalue weighted by molar-refractivity contribution is -0.282. The van der Waals surface area contributed by atoms with E-state index < -0.39 is 23.2 Å². The highest BCUT2D eigenvalue weighted by molar-refractivity contribution is 6.30. The molecule has 0 atom stereocenters. The molecule has 1 aliphatic carbocycles. The van der Waals surface area contributed by atoms with Crippen molar-refractivity contribution in [3.05, 3.63) is 64.4 Å². The van der Waals surface area contributed by atoms with Crippen molar-refractivity contribution in [2.75, 3.05) is 7.11 Å². The molecular weight excluding hydrogens is 443 g/mol. The average Bonchev–Trinajstić information content (AvgIpc) is 2.98. The Morgan fingerprint density at radius 3 is 2.19 bits per heavy atom.